The van der Waals surface area contributed by atoms with Crippen molar-refractivity contribution in [1.29, 1.82) is 0 Å². The highest BCUT2D eigenvalue weighted by atomic mass is 14.0. The lowest BCUT2D eigenvalue weighted by atomic mass is 10.1. The van der Waals surface area contributed by atoms with Gasteiger partial charge in [0.05, 0.1) is 0 Å². The topological polar surface area (TPSA) is 0 Å². The minimum absolute atomic E-state index is 1.23. The third-order valence-electron chi connectivity index (χ3n) is 3.91. The van der Waals surface area contributed by atoms with Gasteiger partial charge in [0, 0.05) is 0 Å². The average molecular weight is 381 g/mol. The zero-order valence-corrected chi connectivity index (χ0v) is 20.0. The zero-order chi connectivity index (χ0) is 21.8. The molecule has 3 aromatic carbocycles. The fourth-order valence-electron chi connectivity index (χ4n) is 2.64. The molecular formula is C28H44. The normalized spacial score (nSPS) is 8.61. The van der Waals surface area contributed by atoms with Gasteiger partial charge in [-0.25, -0.2) is 0 Å². The highest BCUT2D eigenvalue weighted by Gasteiger charge is 1.92. The van der Waals surface area contributed by atoms with E-state index in [2.05, 4.69) is 87.5 Å². The van der Waals surface area contributed by atoms with E-state index in [0.29, 0.717) is 0 Å². The molecule has 0 radical (unpaired) electrons. The minimum atomic E-state index is 1.23. The van der Waals surface area contributed by atoms with Crippen LogP contribution in [0.15, 0.2) is 66.7 Å². The molecule has 0 saturated carbocycles. The van der Waals surface area contributed by atoms with Gasteiger partial charge in [-0.05, 0) is 48.6 Å². The van der Waals surface area contributed by atoms with E-state index in [1.54, 1.807) is 0 Å². The molecule has 0 amide bonds. The smallest absolute Gasteiger partial charge is 0.0155 e. The van der Waals surface area contributed by atoms with Gasteiger partial charge in [-0.1, -0.05) is 127 Å². The highest BCUT2D eigenvalue weighted by molar-refractivity contribution is 5.85. The summed E-state index contributed by atoms with van der Waals surface area (Å²) < 4.78 is 0. The molecule has 0 aromatic heterocycles. The van der Waals surface area contributed by atoms with E-state index < -0.39 is 0 Å². The van der Waals surface area contributed by atoms with Crippen LogP contribution in [0, 0.1) is 13.8 Å². The molecule has 0 heteroatoms. The Labute approximate surface area is 176 Å². The van der Waals surface area contributed by atoms with Gasteiger partial charge in [0.15, 0.2) is 0 Å². The Balaban J connectivity index is 0. The lowest BCUT2D eigenvalue weighted by Crippen LogP contribution is -1.84. The van der Waals surface area contributed by atoms with Crippen LogP contribution in [0.1, 0.15) is 78.0 Å². The van der Waals surface area contributed by atoms with Crippen molar-refractivity contribution < 1.29 is 0 Å². The fraction of sp³-hybridized carbons (Fsp3) is 0.429. The molecule has 0 nitrogen and oxygen atoms in total. The fourth-order valence-corrected chi connectivity index (χ4v) is 2.64. The predicted molar refractivity (Wildman–Crippen MR) is 133 cm³/mol. The lowest BCUT2D eigenvalue weighted by molar-refractivity contribution is 0.794. The summed E-state index contributed by atoms with van der Waals surface area (Å²) in [4.78, 5) is 0. The van der Waals surface area contributed by atoms with Crippen LogP contribution in [0.5, 0.6) is 0 Å². The lowest BCUT2D eigenvalue weighted by Gasteiger charge is -1.99. The van der Waals surface area contributed by atoms with Gasteiger partial charge in [0.1, 0.15) is 0 Å². The Hall–Kier alpha value is -2.08. The molecule has 156 valence electrons. The van der Waals surface area contributed by atoms with E-state index in [1.807, 2.05) is 41.5 Å². The summed E-state index contributed by atoms with van der Waals surface area (Å²) in [5, 5.41) is 2.68. The standard InChI is InChI=1S/C11H10.C11H16.3C2H6/c1-9-5-4-7-10-6-2-3-8-11(9)10;1-3-4-7-11-8-5-6-10(2)9-11;3*1-2/h2-8H,1H3;5-6,8-9H,3-4,7H2,1-2H3;3*1-2H3. The molecule has 0 bridgehead atoms. The van der Waals surface area contributed by atoms with E-state index in [4.69, 9.17) is 0 Å². The second-order valence-corrected chi connectivity index (χ2v) is 5.89. The highest BCUT2D eigenvalue weighted by Crippen LogP contribution is 2.16. The SMILES string of the molecule is CC.CC.CC.CCCCc1cccc(C)c1.Cc1cccc2ccccc12. The van der Waals surface area contributed by atoms with E-state index in [9.17, 15) is 0 Å². The van der Waals surface area contributed by atoms with Crippen molar-refractivity contribution >= 4 is 10.8 Å². The number of hydrogen-bond donors (Lipinski definition) is 0. The molecule has 3 rings (SSSR count). The minimum Gasteiger partial charge on any atom is -0.0683 e. The maximum Gasteiger partial charge on any atom is -0.0155 e. The maximum absolute atomic E-state index is 2.27. The molecule has 0 fully saturated rings. The van der Waals surface area contributed by atoms with E-state index in [0.717, 1.165) is 0 Å². The van der Waals surface area contributed by atoms with Crippen molar-refractivity contribution in [3.63, 3.8) is 0 Å². The quantitative estimate of drug-likeness (QED) is 0.424. The van der Waals surface area contributed by atoms with Crippen LogP contribution >= 0.6 is 0 Å². The molecule has 0 aliphatic heterocycles. The average Bonchev–Trinajstić information content (AvgIpc) is 2.77. The third-order valence-corrected chi connectivity index (χ3v) is 3.91. The molecular weight excluding hydrogens is 336 g/mol. The summed E-state index contributed by atoms with van der Waals surface area (Å²) in [7, 11) is 0. The van der Waals surface area contributed by atoms with Gasteiger partial charge in [-0.3, -0.25) is 0 Å². The molecule has 0 aliphatic rings. The molecule has 0 unspecified atom stereocenters. The van der Waals surface area contributed by atoms with Crippen molar-refractivity contribution in [1.82, 2.24) is 0 Å². The van der Waals surface area contributed by atoms with Crippen LogP contribution in [-0.2, 0) is 6.42 Å². The Morgan fingerprint density at radius 2 is 1.21 bits per heavy atom. The first kappa shape index (κ1) is 28.1. The maximum atomic E-state index is 2.27. The number of aryl methyl sites for hydroxylation is 3. The van der Waals surface area contributed by atoms with Crippen LogP contribution in [0.3, 0.4) is 0 Å². The van der Waals surface area contributed by atoms with Crippen molar-refractivity contribution in [2.45, 2.75) is 81.6 Å². The predicted octanol–water partition coefficient (Wildman–Crippen LogP) is 9.56. The van der Waals surface area contributed by atoms with E-state index in [-0.39, 0.29) is 0 Å². The largest absolute Gasteiger partial charge is 0.0683 e. The molecule has 0 atom stereocenters. The monoisotopic (exact) mass is 380 g/mol. The zero-order valence-electron chi connectivity index (χ0n) is 20.0. The van der Waals surface area contributed by atoms with Gasteiger partial charge in [0.2, 0.25) is 0 Å². The summed E-state index contributed by atoms with van der Waals surface area (Å²) in [6.45, 7) is 18.5. The summed E-state index contributed by atoms with van der Waals surface area (Å²) in [6, 6.07) is 23.6. The summed E-state index contributed by atoms with van der Waals surface area (Å²) in [6.07, 6.45) is 3.83. The molecule has 0 heterocycles. The molecule has 3 aromatic rings. The number of hydrogen-bond acceptors (Lipinski definition) is 0. The molecule has 0 N–H and O–H groups in total. The number of fused-ring (bicyclic) bond motifs is 1. The van der Waals surface area contributed by atoms with Gasteiger partial charge >= 0.3 is 0 Å². The summed E-state index contributed by atoms with van der Waals surface area (Å²) in [5.74, 6) is 0. The van der Waals surface area contributed by atoms with Crippen molar-refractivity contribution in [3.8, 4) is 0 Å². The Kier molecular flexibility index (Phi) is 19.8. The molecule has 0 aliphatic carbocycles. The Morgan fingerprint density at radius 1 is 0.643 bits per heavy atom. The first-order valence-corrected chi connectivity index (χ1v) is 11.2. The van der Waals surface area contributed by atoms with Crippen LogP contribution in [0.25, 0.3) is 10.8 Å². The van der Waals surface area contributed by atoms with E-state index in [1.165, 1.54) is 46.7 Å². The van der Waals surface area contributed by atoms with Gasteiger partial charge in [0.25, 0.3) is 0 Å². The molecule has 0 spiro atoms. The van der Waals surface area contributed by atoms with Gasteiger partial charge in [-0.15, -0.1) is 0 Å². The van der Waals surface area contributed by atoms with Gasteiger partial charge in [-0.2, -0.15) is 0 Å². The second-order valence-electron chi connectivity index (χ2n) is 5.89. The van der Waals surface area contributed by atoms with Crippen LogP contribution in [-0.4, -0.2) is 0 Å². The van der Waals surface area contributed by atoms with Crippen molar-refractivity contribution in [3.05, 3.63) is 83.4 Å². The summed E-state index contributed by atoms with van der Waals surface area (Å²) in [5.41, 5.74) is 4.20. The molecule has 0 saturated heterocycles. The Bertz CT molecular complexity index is 705. The first-order valence-electron chi connectivity index (χ1n) is 11.2. The van der Waals surface area contributed by atoms with Crippen LogP contribution < -0.4 is 0 Å². The molecule has 28 heavy (non-hydrogen) atoms. The summed E-state index contributed by atoms with van der Waals surface area (Å²) >= 11 is 0. The van der Waals surface area contributed by atoms with E-state index >= 15 is 0 Å². The number of unbranched alkanes of at least 4 members (excludes halogenated alkanes) is 1. The third kappa shape index (κ3) is 11.6. The van der Waals surface area contributed by atoms with Crippen LogP contribution in [0.4, 0.5) is 0 Å². The van der Waals surface area contributed by atoms with Gasteiger partial charge < -0.3 is 0 Å². The first-order chi connectivity index (χ1) is 13.7. The van der Waals surface area contributed by atoms with Crippen molar-refractivity contribution in [2.75, 3.05) is 0 Å². The van der Waals surface area contributed by atoms with Crippen molar-refractivity contribution in [2.24, 2.45) is 0 Å². The van der Waals surface area contributed by atoms with Crippen LogP contribution in [0.2, 0.25) is 0 Å². The Morgan fingerprint density at radius 3 is 1.79 bits per heavy atom. The number of rotatable bonds is 3. The number of benzene rings is 3. The second kappa shape index (κ2) is 19.7.